The van der Waals surface area contributed by atoms with Crippen LogP contribution >= 0.6 is 0 Å². The summed E-state index contributed by atoms with van der Waals surface area (Å²) >= 11 is 0. The van der Waals surface area contributed by atoms with Crippen molar-refractivity contribution in [2.24, 2.45) is 0 Å². The van der Waals surface area contributed by atoms with Gasteiger partial charge in [-0.25, -0.2) is 8.42 Å². The SMILES string of the molecule is COc1cc2c(cc1N1C[C@@H](C)N[C@@H](C)C1)N(S(=O)(=O)c1ccc3ccccc3c1)CC2. The largest absolute Gasteiger partial charge is 0.495 e. The first-order chi connectivity index (χ1) is 15.4. The van der Waals surface area contributed by atoms with Crippen LogP contribution in [0, 0.1) is 0 Å². The number of anilines is 2. The quantitative estimate of drug-likeness (QED) is 0.654. The van der Waals surface area contributed by atoms with Crippen LogP contribution in [-0.2, 0) is 16.4 Å². The molecule has 0 spiro atoms. The minimum absolute atomic E-state index is 0.325. The Morgan fingerprint density at radius 3 is 2.38 bits per heavy atom. The van der Waals surface area contributed by atoms with Crippen LogP contribution in [0.3, 0.4) is 0 Å². The van der Waals surface area contributed by atoms with Gasteiger partial charge in [0.25, 0.3) is 10.0 Å². The van der Waals surface area contributed by atoms with Crippen molar-refractivity contribution in [1.82, 2.24) is 5.32 Å². The number of hydrogen-bond donors (Lipinski definition) is 1. The van der Waals surface area contributed by atoms with Crippen LogP contribution in [0.4, 0.5) is 11.4 Å². The predicted molar refractivity (Wildman–Crippen MR) is 129 cm³/mol. The highest BCUT2D eigenvalue weighted by Gasteiger charge is 2.33. The zero-order valence-corrected chi connectivity index (χ0v) is 19.5. The maximum atomic E-state index is 13.7. The van der Waals surface area contributed by atoms with Gasteiger partial charge in [-0.3, -0.25) is 4.31 Å². The van der Waals surface area contributed by atoms with Gasteiger partial charge >= 0.3 is 0 Å². The van der Waals surface area contributed by atoms with E-state index in [9.17, 15) is 8.42 Å². The molecule has 0 aromatic heterocycles. The molecule has 32 heavy (non-hydrogen) atoms. The Labute approximate surface area is 189 Å². The maximum absolute atomic E-state index is 13.7. The van der Waals surface area contributed by atoms with Crippen molar-refractivity contribution >= 4 is 32.2 Å². The van der Waals surface area contributed by atoms with Crippen LogP contribution in [0.25, 0.3) is 10.8 Å². The van der Waals surface area contributed by atoms with Crippen molar-refractivity contribution in [3.8, 4) is 5.75 Å². The van der Waals surface area contributed by atoms with Gasteiger partial charge in [-0.2, -0.15) is 0 Å². The predicted octanol–water partition coefficient (Wildman–Crippen LogP) is 3.79. The maximum Gasteiger partial charge on any atom is 0.264 e. The number of hydrogen-bond acceptors (Lipinski definition) is 5. The van der Waals surface area contributed by atoms with Gasteiger partial charge in [0.2, 0.25) is 0 Å². The molecule has 2 aliphatic heterocycles. The number of fused-ring (bicyclic) bond motifs is 2. The van der Waals surface area contributed by atoms with Crippen LogP contribution in [0.2, 0.25) is 0 Å². The second kappa shape index (κ2) is 7.98. The summed E-state index contributed by atoms with van der Waals surface area (Å²) in [6.07, 6.45) is 0.674. The van der Waals surface area contributed by atoms with Crippen molar-refractivity contribution in [3.63, 3.8) is 0 Å². The van der Waals surface area contributed by atoms with Crippen LogP contribution in [0.15, 0.2) is 59.5 Å². The van der Waals surface area contributed by atoms with E-state index in [2.05, 4.69) is 24.1 Å². The van der Waals surface area contributed by atoms with E-state index < -0.39 is 10.0 Å². The summed E-state index contributed by atoms with van der Waals surface area (Å²) in [5.74, 6) is 0.801. The minimum Gasteiger partial charge on any atom is -0.495 e. The van der Waals surface area contributed by atoms with E-state index in [1.165, 1.54) is 0 Å². The molecule has 0 aliphatic carbocycles. The van der Waals surface area contributed by atoms with Crippen LogP contribution in [0.1, 0.15) is 19.4 Å². The molecule has 7 heteroatoms. The second-order valence-electron chi connectivity index (χ2n) is 8.86. The minimum atomic E-state index is -3.67. The number of benzene rings is 3. The van der Waals surface area contributed by atoms with E-state index in [1.54, 1.807) is 23.5 Å². The van der Waals surface area contributed by atoms with Crippen LogP contribution in [-0.4, -0.2) is 47.2 Å². The molecule has 3 aromatic carbocycles. The summed E-state index contributed by atoms with van der Waals surface area (Å²) < 4.78 is 34.6. The fourth-order valence-corrected chi connectivity index (χ4v) is 6.54. The van der Waals surface area contributed by atoms with Crippen molar-refractivity contribution in [3.05, 3.63) is 60.2 Å². The van der Waals surface area contributed by atoms with E-state index in [0.717, 1.165) is 46.5 Å². The number of rotatable bonds is 4. The number of nitrogens with zero attached hydrogens (tertiary/aromatic N) is 2. The van der Waals surface area contributed by atoms with Gasteiger partial charge in [-0.15, -0.1) is 0 Å². The molecule has 6 nitrogen and oxygen atoms in total. The first kappa shape index (κ1) is 21.1. The van der Waals surface area contributed by atoms with E-state index >= 15 is 0 Å². The molecule has 0 radical (unpaired) electrons. The number of nitrogens with one attached hydrogen (secondary N) is 1. The molecular formula is C25H29N3O3S. The van der Waals surface area contributed by atoms with Crippen molar-refractivity contribution in [2.75, 3.05) is 35.9 Å². The summed E-state index contributed by atoms with van der Waals surface area (Å²) in [6, 6.07) is 17.9. The monoisotopic (exact) mass is 451 g/mol. The average Bonchev–Trinajstić information content (AvgIpc) is 3.21. The van der Waals surface area contributed by atoms with E-state index in [-0.39, 0.29) is 0 Å². The fraction of sp³-hybridized carbons (Fsp3) is 0.360. The van der Waals surface area contributed by atoms with Crippen molar-refractivity contribution in [2.45, 2.75) is 37.2 Å². The van der Waals surface area contributed by atoms with Gasteiger partial charge in [0, 0.05) is 31.7 Å². The number of methoxy groups -OCH3 is 1. The molecule has 2 aliphatic rings. The summed E-state index contributed by atoms with van der Waals surface area (Å²) in [5.41, 5.74) is 2.71. The Balaban J connectivity index is 1.56. The standard InChI is InChI=1S/C25H29N3O3S/c1-17-15-27(16-18(2)26-17)24-14-23-21(13-25(24)31-3)10-11-28(23)32(29,30)22-9-8-19-6-4-5-7-20(19)12-22/h4-9,12-14,17-18,26H,10-11,15-16H2,1-3H3/t17-,18+. The van der Waals surface area contributed by atoms with Gasteiger partial charge in [-0.05, 0) is 60.9 Å². The molecule has 2 heterocycles. The molecule has 0 saturated carbocycles. The van der Waals surface area contributed by atoms with Crippen molar-refractivity contribution < 1.29 is 13.2 Å². The highest BCUT2D eigenvalue weighted by Crippen LogP contribution is 2.42. The zero-order chi connectivity index (χ0) is 22.5. The third kappa shape index (κ3) is 3.59. The molecule has 5 rings (SSSR count). The van der Waals surface area contributed by atoms with Gasteiger partial charge < -0.3 is 15.0 Å². The molecule has 0 bridgehead atoms. The number of piperazine rings is 1. The van der Waals surface area contributed by atoms with Crippen LogP contribution < -0.4 is 19.3 Å². The highest BCUT2D eigenvalue weighted by atomic mass is 32.2. The molecule has 0 unspecified atom stereocenters. The summed E-state index contributed by atoms with van der Waals surface area (Å²) in [7, 11) is -1.99. The molecule has 1 fully saturated rings. The molecule has 168 valence electrons. The Morgan fingerprint density at radius 2 is 1.66 bits per heavy atom. The molecular weight excluding hydrogens is 422 g/mol. The Kier molecular flexibility index (Phi) is 5.26. The van der Waals surface area contributed by atoms with Gasteiger partial charge in [0.15, 0.2) is 0 Å². The Bertz CT molecular complexity index is 1260. The smallest absolute Gasteiger partial charge is 0.264 e. The first-order valence-electron chi connectivity index (χ1n) is 11.1. The van der Waals surface area contributed by atoms with E-state index in [4.69, 9.17) is 4.74 Å². The third-order valence-corrected chi connectivity index (χ3v) is 8.25. The highest BCUT2D eigenvalue weighted by molar-refractivity contribution is 7.92. The summed E-state index contributed by atoms with van der Waals surface area (Å²) in [6.45, 7) is 6.46. The topological polar surface area (TPSA) is 61.9 Å². The number of ether oxygens (including phenoxy) is 1. The molecule has 1 N–H and O–H groups in total. The van der Waals surface area contributed by atoms with Gasteiger partial charge in [-0.1, -0.05) is 30.3 Å². The van der Waals surface area contributed by atoms with E-state index in [1.807, 2.05) is 42.5 Å². The lowest BCUT2D eigenvalue weighted by Gasteiger charge is -2.38. The number of sulfonamides is 1. The normalized spacial score (nSPS) is 21.1. The lowest BCUT2D eigenvalue weighted by molar-refractivity contribution is 0.391. The summed E-state index contributed by atoms with van der Waals surface area (Å²) in [5, 5.41) is 5.50. The molecule has 0 amide bonds. The van der Waals surface area contributed by atoms with Gasteiger partial charge in [0.1, 0.15) is 5.75 Å². The van der Waals surface area contributed by atoms with Crippen molar-refractivity contribution in [1.29, 1.82) is 0 Å². The lowest BCUT2D eigenvalue weighted by Crippen LogP contribution is -2.54. The first-order valence-corrected chi connectivity index (χ1v) is 12.5. The van der Waals surface area contributed by atoms with Gasteiger partial charge in [0.05, 0.1) is 23.4 Å². The molecule has 1 saturated heterocycles. The molecule has 2 atom stereocenters. The Morgan fingerprint density at radius 1 is 0.938 bits per heavy atom. The van der Waals surface area contributed by atoms with E-state index in [0.29, 0.717) is 29.9 Å². The lowest BCUT2D eigenvalue weighted by atomic mass is 10.1. The molecule has 3 aromatic rings. The zero-order valence-electron chi connectivity index (χ0n) is 18.7. The fourth-order valence-electron chi connectivity index (χ4n) is 5.01. The third-order valence-electron chi connectivity index (χ3n) is 6.44. The second-order valence-corrected chi connectivity index (χ2v) is 10.7. The Hall–Kier alpha value is -2.77. The average molecular weight is 452 g/mol. The van der Waals surface area contributed by atoms with Crippen LogP contribution in [0.5, 0.6) is 5.75 Å². The summed E-state index contributed by atoms with van der Waals surface area (Å²) in [4.78, 5) is 2.62.